The molecule has 5 heteroatoms. The third-order valence-corrected chi connectivity index (χ3v) is 3.66. The molecule has 1 aromatic carbocycles. The van der Waals surface area contributed by atoms with Crippen LogP contribution in [0.3, 0.4) is 0 Å². The summed E-state index contributed by atoms with van der Waals surface area (Å²) >= 11 is 5.87. The summed E-state index contributed by atoms with van der Waals surface area (Å²) in [5.74, 6) is 0.0759. The third kappa shape index (κ3) is 4.12. The van der Waals surface area contributed by atoms with Gasteiger partial charge in [-0.2, -0.15) is 0 Å². The van der Waals surface area contributed by atoms with E-state index in [1.807, 2.05) is 19.1 Å². The number of sulfone groups is 1. The summed E-state index contributed by atoms with van der Waals surface area (Å²) in [5.41, 5.74) is 6.27. The van der Waals surface area contributed by atoms with E-state index >= 15 is 0 Å². The van der Waals surface area contributed by atoms with E-state index in [0.717, 1.165) is 5.56 Å². The molecular formula is C11H16ClNO2S. The Kier molecular flexibility index (Phi) is 3.99. The van der Waals surface area contributed by atoms with Gasteiger partial charge < -0.3 is 5.73 Å². The second kappa shape index (κ2) is 4.73. The Morgan fingerprint density at radius 2 is 2.06 bits per heavy atom. The summed E-state index contributed by atoms with van der Waals surface area (Å²) < 4.78 is 22.2. The molecule has 1 aromatic rings. The molecule has 1 rings (SSSR count). The zero-order valence-electron chi connectivity index (χ0n) is 9.40. The quantitative estimate of drug-likeness (QED) is 0.901. The highest BCUT2D eigenvalue weighted by Gasteiger charge is 2.23. The molecule has 0 saturated heterocycles. The van der Waals surface area contributed by atoms with E-state index in [0.29, 0.717) is 11.4 Å². The number of hydrogen-bond acceptors (Lipinski definition) is 3. The number of nitrogens with two attached hydrogens (primary N) is 1. The van der Waals surface area contributed by atoms with Crippen LogP contribution in [0.1, 0.15) is 18.9 Å². The lowest BCUT2D eigenvalue weighted by atomic mass is 9.91. The highest BCUT2D eigenvalue weighted by molar-refractivity contribution is 7.90. The fraction of sp³-hybridized carbons (Fsp3) is 0.455. The summed E-state index contributed by atoms with van der Waals surface area (Å²) in [7, 11) is -2.99. The maximum Gasteiger partial charge on any atom is 0.147 e. The first-order valence-electron chi connectivity index (χ1n) is 4.93. The van der Waals surface area contributed by atoms with Gasteiger partial charge in [-0.3, -0.25) is 0 Å². The van der Waals surface area contributed by atoms with Crippen LogP contribution in [-0.4, -0.2) is 20.4 Å². The molecule has 16 heavy (non-hydrogen) atoms. The van der Waals surface area contributed by atoms with Crippen molar-refractivity contribution in [2.24, 2.45) is 5.73 Å². The predicted molar refractivity (Wildman–Crippen MR) is 67.3 cm³/mol. The van der Waals surface area contributed by atoms with Gasteiger partial charge >= 0.3 is 0 Å². The van der Waals surface area contributed by atoms with E-state index < -0.39 is 15.4 Å². The summed E-state index contributed by atoms with van der Waals surface area (Å²) in [5, 5.41) is 0.605. The van der Waals surface area contributed by atoms with Crippen LogP contribution in [0.2, 0.25) is 5.02 Å². The summed E-state index contributed by atoms with van der Waals surface area (Å²) in [6.45, 7) is 1.81. The monoisotopic (exact) mass is 261 g/mol. The molecular weight excluding hydrogens is 246 g/mol. The van der Waals surface area contributed by atoms with Gasteiger partial charge in [-0.05, 0) is 31.0 Å². The first-order valence-corrected chi connectivity index (χ1v) is 7.37. The zero-order chi connectivity index (χ0) is 12.4. The molecule has 0 aliphatic rings. The summed E-state index contributed by atoms with van der Waals surface area (Å²) in [4.78, 5) is 0. The van der Waals surface area contributed by atoms with E-state index in [9.17, 15) is 8.42 Å². The summed E-state index contributed by atoms with van der Waals surface area (Å²) in [6.07, 6.45) is 1.59. The lowest BCUT2D eigenvalue weighted by molar-refractivity contribution is 0.473. The molecule has 0 aliphatic heterocycles. The van der Waals surface area contributed by atoms with Gasteiger partial charge in [-0.15, -0.1) is 0 Å². The molecule has 2 N–H and O–H groups in total. The largest absolute Gasteiger partial charge is 0.322 e. The van der Waals surface area contributed by atoms with Gasteiger partial charge in [-0.25, -0.2) is 8.42 Å². The molecule has 0 spiro atoms. The minimum Gasteiger partial charge on any atom is -0.322 e. The second-order valence-electron chi connectivity index (χ2n) is 4.31. The first kappa shape index (κ1) is 13.5. The van der Waals surface area contributed by atoms with Crippen LogP contribution in [0, 0.1) is 0 Å². The molecule has 1 atom stereocenters. The standard InChI is InChI=1S/C11H16ClNO2S/c1-11(13,6-7-16(2,14)15)9-4-3-5-10(12)8-9/h3-5,8H,6-7,13H2,1-2H3. The Balaban J connectivity index is 2.85. The van der Waals surface area contributed by atoms with E-state index in [4.69, 9.17) is 17.3 Å². The van der Waals surface area contributed by atoms with Crippen LogP contribution < -0.4 is 5.73 Å². The van der Waals surface area contributed by atoms with Crippen molar-refractivity contribution in [1.82, 2.24) is 0 Å². The van der Waals surface area contributed by atoms with Crippen molar-refractivity contribution in [3.63, 3.8) is 0 Å². The smallest absolute Gasteiger partial charge is 0.147 e. The summed E-state index contributed by atoms with van der Waals surface area (Å²) in [6, 6.07) is 7.19. The molecule has 0 amide bonds. The molecule has 3 nitrogen and oxygen atoms in total. The topological polar surface area (TPSA) is 60.2 Å². The van der Waals surface area contributed by atoms with Crippen molar-refractivity contribution in [2.45, 2.75) is 18.9 Å². The molecule has 0 saturated carbocycles. The molecule has 1 unspecified atom stereocenters. The zero-order valence-corrected chi connectivity index (χ0v) is 11.0. The molecule has 0 radical (unpaired) electrons. The Morgan fingerprint density at radius 1 is 1.44 bits per heavy atom. The molecule has 0 heterocycles. The highest BCUT2D eigenvalue weighted by Crippen LogP contribution is 2.24. The molecule has 0 aliphatic carbocycles. The van der Waals surface area contributed by atoms with Gasteiger partial charge in [0.05, 0.1) is 5.75 Å². The maximum absolute atomic E-state index is 11.1. The van der Waals surface area contributed by atoms with Gasteiger partial charge in [0.25, 0.3) is 0 Å². The van der Waals surface area contributed by atoms with E-state index in [2.05, 4.69) is 0 Å². The average Bonchev–Trinajstić information content (AvgIpc) is 2.14. The first-order chi connectivity index (χ1) is 7.21. The molecule has 0 bridgehead atoms. The fourth-order valence-corrected chi connectivity index (χ4v) is 2.37. The molecule has 0 fully saturated rings. The number of halogens is 1. The minimum absolute atomic E-state index is 0.0759. The van der Waals surface area contributed by atoms with Crippen LogP contribution in [0.5, 0.6) is 0 Å². The van der Waals surface area contributed by atoms with Crippen molar-refractivity contribution < 1.29 is 8.42 Å². The van der Waals surface area contributed by atoms with Gasteiger partial charge in [0.2, 0.25) is 0 Å². The Labute approximate surface area is 102 Å². The maximum atomic E-state index is 11.1. The third-order valence-electron chi connectivity index (χ3n) is 2.48. The van der Waals surface area contributed by atoms with Gasteiger partial charge in [0.15, 0.2) is 0 Å². The van der Waals surface area contributed by atoms with Crippen LogP contribution in [-0.2, 0) is 15.4 Å². The Bertz CT molecular complexity index is 469. The average molecular weight is 262 g/mol. The second-order valence-corrected chi connectivity index (χ2v) is 7.00. The number of benzene rings is 1. The van der Waals surface area contributed by atoms with Gasteiger partial charge in [0.1, 0.15) is 9.84 Å². The molecule has 0 aromatic heterocycles. The van der Waals surface area contributed by atoms with Crippen molar-refractivity contribution in [1.29, 1.82) is 0 Å². The predicted octanol–water partition coefficient (Wildman–Crippen LogP) is 1.95. The Morgan fingerprint density at radius 3 is 2.56 bits per heavy atom. The minimum atomic E-state index is -2.99. The van der Waals surface area contributed by atoms with E-state index in [-0.39, 0.29) is 5.75 Å². The van der Waals surface area contributed by atoms with Crippen molar-refractivity contribution in [3.8, 4) is 0 Å². The van der Waals surface area contributed by atoms with Crippen molar-refractivity contribution in [2.75, 3.05) is 12.0 Å². The van der Waals surface area contributed by atoms with Gasteiger partial charge in [0, 0.05) is 16.8 Å². The Hall–Kier alpha value is -0.580. The fourth-order valence-electron chi connectivity index (χ4n) is 1.39. The SMILES string of the molecule is CC(N)(CCS(C)(=O)=O)c1cccc(Cl)c1. The van der Waals surface area contributed by atoms with Crippen molar-refractivity contribution >= 4 is 21.4 Å². The number of rotatable bonds is 4. The van der Waals surface area contributed by atoms with Crippen LogP contribution >= 0.6 is 11.6 Å². The van der Waals surface area contributed by atoms with Crippen LogP contribution in [0.4, 0.5) is 0 Å². The van der Waals surface area contributed by atoms with Crippen LogP contribution in [0.15, 0.2) is 24.3 Å². The van der Waals surface area contributed by atoms with E-state index in [1.165, 1.54) is 6.26 Å². The number of hydrogen-bond donors (Lipinski definition) is 1. The van der Waals surface area contributed by atoms with E-state index in [1.54, 1.807) is 12.1 Å². The normalized spacial score (nSPS) is 15.8. The van der Waals surface area contributed by atoms with Gasteiger partial charge in [-0.1, -0.05) is 23.7 Å². The lowest BCUT2D eigenvalue weighted by Gasteiger charge is -2.25. The lowest BCUT2D eigenvalue weighted by Crippen LogP contribution is -2.35. The highest BCUT2D eigenvalue weighted by atomic mass is 35.5. The molecule has 90 valence electrons. The van der Waals surface area contributed by atoms with Crippen LogP contribution in [0.25, 0.3) is 0 Å². The van der Waals surface area contributed by atoms with Crippen molar-refractivity contribution in [3.05, 3.63) is 34.9 Å².